The van der Waals surface area contributed by atoms with Crippen molar-refractivity contribution in [1.82, 2.24) is 5.43 Å². The zero-order valence-electron chi connectivity index (χ0n) is 18.3. The van der Waals surface area contributed by atoms with Crippen LogP contribution in [0.15, 0.2) is 80.8 Å². The number of benzene rings is 4. The second-order valence-electron chi connectivity index (χ2n) is 7.45. The third-order valence-electron chi connectivity index (χ3n) is 5.08. The third-order valence-corrected chi connectivity index (χ3v) is 7.00. The minimum atomic E-state index is -0.372. The van der Waals surface area contributed by atoms with Crippen LogP contribution in [0.4, 0.5) is 0 Å². The van der Waals surface area contributed by atoms with Gasteiger partial charge in [-0.2, -0.15) is 5.10 Å². The number of nitrogens with zero attached hydrogens (tertiary/aromatic N) is 1. The summed E-state index contributed by atoms with van der Waals surface area (Å²) >= 11 is 19.1. The Balaban J connectivity index is 1.45. The first-order valence-corrected chi connectivity index (χ1v) is 12.7. The molecule has 0 aliphatic rings. The number of methoxy groups -OCH3 is 1. The molecule has 1 N–H and O–H groups in total. The molecule has 0 saturated carbocycles. The van der Waals surface area contributed by atoms with E-state index in [4.69, 9.17) is 32.7 Å². The number of halogens is 4. The summed E-state index contributed by atoms with van der Waals surface area (Å²) < 4.78 is 12.8. The van der Waals surface area contributed by atoms with Crippen LogP contribution >= 0.6 is 55.1 Å². The smallest absolute Gasteiger partial charge is 0.275 e. The molecule has 0 saturated heterocycles. The maximum atomic E-state index is 12.8. The predicted molar refractivity (Wildman–Crippen MR) is 148 cm³/mol. The van der Waals surface area contributed by atoms with Crippen LogP contribution < -0.4 is 14.9 Å². The molecule has 0 aromatic heterocycles. The summed E-state index contributed by atoms with van der Waals surface area (Å²) in [5.41, 5.74) is 4.59. The standard InChI is InChI=1S/C26H18Br2Cl2N2O3/c1-34-24-12-18-5-3-2-4-17(18)11-19(24)26(33)32-31-13-16-8-20(27)25(21(28)9-16)35-14-15-6-7-22(29)23(30)10-15/h2-13H,14H2,1H3,(H,32,33)/b31-13-. The molecule has 0 unspecified atom stereocenters. The lowest BCUT2D eigenvalue weighted by molar-refractivity contribution is 0.0952. The fourth-order valence-corrected chi connectivity index (χ4v) is 5.14. The zero-order valence-corrected chi connectivity index (χ0v) is 23.0. The molecule has 35 heavy (non-hydrogen) atoms. The number of hydrazone groups is 1. The van der Waals surface area contributed by atoms with Crippen LogP contribution in [0.25, 0.3) is 10.8 Å². The third kappa shape index (κ3) is 6.16. The minimum Gasteiger partial charge on any atom is -0.496 e. The fourth-order valence-electron chi connectivity index (χ4n) is 3.37. The number of ether oxygens (including phenoxy) is 2. The molecule has 0 radical (unpaired) electrons. The van der Waals surface area contributed by atoms with E-state index in [0.29, 0.717) is 33.7 Å². The molecule has 4 aromatic carbocycles. The highest BCUT2D eigenvalue weighted by Gasteiger charge is 2.14. The van der Waals surface area contributed by atoms with Gasteiger partial charge < -0.3 is 9.47 Å². The number of hydrogen-bond donors (Lipinski definition) is 1. The predicted octanol–water partition coefficient (Wildman–Crippen LogP) is 8.02. The molecule has 4 aromatic rings. The Morgan fingerprint density at radius 2 is 1.66 bits per heavy atom. The minimum absolute atomic E-state index is 0.311. The van der Waals surface area contributed by atoms with Gasteiger partial charge in [-0.3, -0.25) is 4.79 Å². The largest absolute Gasteiger partial charge is 0.496 e. The Kier molecular flexibility index (Phi) is 8.34. The van der Waals surface area contributed by atoms with Crippen LogP contribution in [0, 0.1) is 0 Å². The van der Waals surface area contributed by atoms with Crippen LogP contribution in [0.2, 0.25) is 10.0 Å². The molecule has 0 atom stereocenters. The Bertz CT molecular complexity index is 1420. The summed E-state index contributed by atoms with van der Waals surface area (Å²) in [7, 11) is 1.53. The molecule has 0 aliphatic carbocycles. The monoisotopic (exact) mass is 634 g/mol. The van der Waals surface area contributed by atoms with Gasteiger partial charge >= 0.3 is 0 Å². The summed E-state index contributed by atoms with van der Waals surface area (Å²) in [5, 5.41) is 7.00. The highest BCUT2D eigenvalue weighted by Crippen LogP contribution is 2.35. The Morgan fingerprint density at radius 3 is 2.31 bits per heavy atom. The van der Waals surface area contributed by atoms with E-state index in [1.807, 2.05) is 48.5 Å². The van der Waals surface area contributed by atoms with Crippen molar-refractivity contribution in [2.75, 3.05) is 7.11 Å². The number of rotatable bonds is 7. The maximum absolute atomic E-state index is 12.8. The average molecular weight is 637 g/mol. The van der Waals surface area contributed by atoms with Gasteiger partial charge in [0.15, 0.2) is 0 Å². The Labute approximate surface area is 229 Å². The molecular weight excluding hydrogens is 619 g/mol. The van der Waals surface area contributed by atoms with Crippen molar-refractivity contribution in [3.63, 3.8) is 0 Å². The van der Waals surface area contributed by atoms with Crippen molar-refractivity contribution in [2.45, 2.75) is 6.61 Å². The van der Waals surface area contributed by atoms with Crippen molar-refractivity contribution < 1.29 is 14.3 Å². The molecule has 5 nitrogen and oxygen atoms in total. The van der Waals surface area contributed by atoms with Crippen LogP contribution in [-0.4, -0.2) is 19.2 Å². The van der Waals surface area contributed by atoms with Crippen molar-refractivity contribution >= 4 is 78.0 Å². The summed E-state index contributed by atoms with van der Waals surface area (Å²) in [4.78, 5) is 12.8. The molecule has 1 amide bonds. The molecule has 0 fully saturated rings. The maximum Gasteiger partial charge on any atom is 0.275 e. The van der Waals surface area contributed by atoms with E-state index >= 15 is 0 Å². The van der Waals surface area contributed by atoms with Crippen LogP contribution in [0.5, 0.6) is 11.5 Å². The molecular formula is C26H18Br2Cl2N2O3. The molecule has 0 heterocycles. The number of fused-ring (bicyclic) bond motifs is 1. The van der Waals surface area contributed by atoms with Gasteiger partial charge in [0.05, 0.1) is 37.9 Å². The quantitative estimate of drug-likeness (QED) is 0.165. The van der Waals surface area contributed by atoms with Gasteiger partial charge in [-0.15, -0.1) is 0 Å². The molecule has 178 valence electrons. The van der Waals surface area contributed by atoms with E-state index < -0.39 is 0 Å². The lowest BCUT2D eigenvalue weighted by Gasteiger charge is -2.12. The van der Waals surface area contributed by atoms with E-state index in [9.17, 15) is 4.79 Å². The average Bonchev–Trinajstić information content (AvgIpc) is 2.84. The van der Waals surface area contributed by atoms with Crippen LogP contribution in [0.1, 0.15) is 21.5 Å². The van der Waals surface area contributed by atoms with Gasteiger partial charge in [-0.05, 0) is 90.2 Å². The second-order valence-corrected chi connectivity index (χ2v) is 9.97. The SMILES string of the molecule is COc1cc2ccccc2cc1C(=O)N/N=C\c1cc(Br)c(OCc2ccc(Cl)c(Cl)c2)c(Br)c1. The highest BCUT2D eigenvalue weighted by atomic mass is 79.9. The van der Waals surface area contributed by atoms with E-state index in [-0.39, 0.29) is 5.91 Å². The number of nitrogens with one attached hydrogen (secondary N) is 1. The summed E-state index contributed by atoms with van der Waals surface area (Å²) in [6, 6.07) is 20.4. The van der Waals surface area contributed by atoms with Crippen molar-refractivity contribution in [3.8, 4) is 11.5 Å². The normalized spacial score (nSPS) is 11.1. The van der Waals surface area contributed by atoms with E-state index in [1.165, 1.54) is 7.11 Å². The fraction of sp³-hybridized carbons (Fsp3) is 0.0769. The molecule has 0 aliphatic heterocycles. The summed E-state index contributed by atoms with van der Waals surface area (Å²) in [6.07, 6.45) is 1.55. The second kappa shape index (κ2) is 11.4. The van der Waals surface area contributed by atoms with Crippen molar-refractivity contribution in [2.24, 2.45) is 5.10 Å². The Morgan fingerprint density at radius 1 is 0.971 bits per heavy atom. The summed E-state index contributed by atoms with van der Waals surface area (Å²) in [5.74, 6) is 0.729. The van der Waals surface area contributed by atoms with Gasteiger partial charge in [0, 0.05) is 0 Å². The van der Waals surface area contributed by atoms with E-state index in [1.54, 1.807) is 24.4 Å². The van der Waals surface area contributed by atoms with E-state index in [2.05, 4.69) is 42.4 Å². The number of hydrogen-bond acceptors (Lipinski definition) is 4. The van der Waals surface area contributed by atoms with Gasteiger partial charge in [0.25, 0.3) is 5.91 Å². The number of carbonyl (C=O) groups excluding carboxylic acids is 1. The Hall–Kier alpha value is -2.58. The lowest BCUT2D eigenvalue weighted by atomic mass is 10.1. The molecule has 4 rings (SSSR count). The first-order valence-electron chi connectivity index (χ1n) is 10.3. The van der Waals surface area contributed by atoms with Crippen LogP contribution in [-0.2, 0) is 6.61 Å². The van der Waals surface area contributed by atoms with Gasteiger partial charge in [0.2, 0.25) is 0 Å². The number of carbonyl (C=O) groups is 1. The zero-order chi connectivity index (χ0) is 24.9. The molecule has 0 bridgehead atoms. The lowest BCUT2D eigenvalue weighted by Crippen LogP contribution is -2.18. The topological polar surface area (TPSA) is 59.9 Å². The van der Waals surface area contributed by atoms with Crippen molar-refractivity contribution in [1.29, 1.82) is 0 Å². The first-order chi connectivity index (χ1) is 16.9. The first kappa shape index (κ1) is 25.5. The van der Waals surface area contributed by atoms with Crippen molar-refractivity contribution in [3.05, 3.63) is 102 Å². The van der Waals surface area contributed by atoms with Gasteiger partial charge in [0.1, 0.15) is 18.1 Å². The van der Waals surface area contributed by atoms with Crippen LogP contribution in [0.3, 0.4) is 0 Å². The number of amides is 1. The van der Waals surface area contributed by atoms with Gasteiger partial charge in [-0.1, -0.05) is 53.5 Å². The summed E-state index contributed by atoms with van der Waals surface area (Å²) in [6.45, 7) is 0.311. The molecule has 9 heteroatoms. The van der Waals surface area contributed by atoms with Gasteiger partial charge in [-0.25, -0.2) is 5.43 Å². The highest BCUT2D eigenvalue weighted by molar-refractivity contribution is 9.11. The molecule has 0 spiro atoms. The van der Waals surface area contributed by atoms with E-state index in [0.717, 1.165) is 30.8 Å².